The molecule has 33 heavy (non-hydrogen) atoms. The third kappa shape index (κ3) is 5.43. The number of nitrogens with zero attached hydrogens (tertiary/aromatic N) is 1. The second kappa shape index (κ2) is 9.63. The van der Waals surface area contributed by atoms with Crippen molar-refractivity contribution in [3.8, 4) is 0 Å². The summed E-state index contributed by atoms with van der Waals surface area (Å²) in [6, 6.07) is 10.2. The van der Waals surface area contributed by atoms with Crippen molar-refractivity contribution in [2.45, 2.75) is 55.6 Å². The van der Waals surface area contributed by atoms with Crippen molar-refractivity contribution in [1.82, 2.24) is 5.32 Å². The molecule has 2 aromatic carbocycles. The Labute approximate surface area is 195 Å². The van der Waals surface area contributed by atoms with Gasteiger partial charge in [0.2, 0.25) is 0 Å². The van der Waals surface area contributed by atoms with Crippen LogP contribution in [-0.4, -0.2) is 24.9 Å². The molecule has 0 bridgehead atoms. The maximum atomic E-state index is 12.9. The number of nitrogens with one attached hydrogen (secondary N) is 1. The highest BCUT2D eigenvalue weighted by molar-refractivity contribution is 8.04. The van der Waals surface area contributed by atoms with Crippen molar-refractivity contribution < 1.29 is 22.8 Å². The van der Waals surface area contributed by atoms with Crippen LogP contribution in [0.15, 0.2) is 52.3 Å². The number of alkyl halides is 3. The van der Waals surface area contributed by atoms with E-state index >= 15 is 0 Å². The molecular weight excluding hydrogens is 449 g/mol. The minimum absolute atomic E-state index is 0.137. The van der Waals surface area contributed by atoms with E-state index in [1.54, 1.807) is 25.3 Å². The highest BCUT2D eigenvalue weighted by atomic mass is 32.2. The van der Waals surface area contributed by atoms with Crippen LogP contribution in [0.25, 0.3) is 6.08 Å². The lowest BCUT2D eigenvalue weighted by atomic mass is 10.1. The van der Waals surface area contributed by atoms with E-state index in [1.165, 1.54) is 41.6 Å². The molecule has 1 heterocycles. The quantitative estimate of drug-likeness (QED) is 0.422. The lowest BCUT2D eigenvalue weighted by Crippen LogP contribution is -2.35. The Morgan fingerprint density at radius 1 is 1.06 bits per heavy atom. The summed E-state index contributed by atoms with van der Waals surface area (Å²) in [6.07, 6.45) is 3.81. The molecule has 1 aliphatic carbocycles. The van der Waals surface area contributed by atoms with Crippen LogP contribution in [0.5, 0.6) is 0 Å². The summed E-state index contributed by atoms with van der Waals surface area (Å²) in [4.78, 5) is 28.4. The first-order valence-corrected chi connectivity index (χ1v) is 11.8. The summed E-state index contributed by atoms with van der Waals surface area (Å²) in [6.45, 7) is 0. The van der Waals surface area contributed by atoms with Crippen LogP contribution in [-0.2, 0) is 11.0 Å². The SMILES string of the molecule is CN1C(=O)/C(=C/c2ccc(C(F)(F)F)cc2)Sc2ccc(C(=O)NC3CCCCCC3)cc21. The Hall–Kier alpha value is -2.74. The van der Waals surface area contributed by atoms with Gasteiger partial charge >= 0.3 is 6.18 Å². The molecule has 0 radical (unpaired) electrons. The number of fused-ring (bicyclic) bond motifs is 1. The summed E-state index contributed by atoms with van der Waals surface area (Å²) < 4.78 is 38.4. The van der Waals surface area contributed by atoms with Gasteiger partial charge in [-0.15, -0.1) is 0 Å². The van der Waals surface area contributed by atoms with E-state index in [0.717, 1.165) is 42.7 Å². The van der Waals surface area contributed by atoms with Gasteiger partial charge in [0.05, 0.1) is 16.2 Å². The van der Waals surface area contributed by atoms with Crippen LogP contribution in [0.2, 0.25) is 0 Å². The van der Waals surface area contributed by atoms with Crippen molar-refractivity contribution in [1.29, 1.82) is 0 Å². The zero-order valence-electron chi connectivity index (χ0n) is 18.2. The summed E-state index contributed by atoms with van der Waals surface area (Å²) in [5, 5.41) is 3.12. The molecule has 1 saturated carbocycles. The fourth-order valence-electron chi connectivity index (χ4n) is 4.15. The first-order valence-electron chi connectivity index (χ1n) is 11.0. The molecule has 1 fully saturated rings. The van der Waals surface area contributed by atoms with Gasteiger partial charge in [0.15, 0.2) is 0 Å². The Morgan fingerprint density at radius 2 is 1.73 bits per heavy atom. The Kier molecular flexibility index (Phi) is 6.83. The van der Waals surface area contributed by atoms with Gasteiger partial charge in [-0.3, -0.25) is 9.59 Å². The van der Waals surface area contributed by atoms with Crippen LogP contribution in [0.3, 0.4) is 0 Å². The molecule has 0 saturated heterocycles. The number of thioether (sulfide) groups is 1. The molecule has 174 valence electrons. The molecule has 1 aliphatic heterocycles. The third-order valence-corrected chi connectivity index (χ3v) is 7.12. The highest BCUT2D eigenvalue weighted by Gasteiger charge is 2.30. The summed E-state index contributed by atoms with van der Waals surface area (Å²) in [5.41, 5.74) is 0.927. The van der Waals surface area contributed by atoms with E-state index < -0.39 is 11.7 Å². The summed E-state index contributed by atoms with van der Waals surface area (Å²) in [7, 11) is 1.63. The van der Waals surface area contributed by atoms with Gasteiger partial charge in [0.25, 0.3) is 11.8 Å². The van der Waals surface area contributed by atoms with Gasteiger partial charge in [-0.05, 0) is 54.8 Å². The monoisotopic (exact) mass is 474 g/mol. The Bertz CT molecular complexity index is 1070. The van der Waals surface area contributed by atoms with E-state index in [2.05, 4.69) is 5.32 Å². The van der Waals surface area contributed by atoms with E-state index in [-0.39, 0.29) is 17.9 Å². The number of carbonyl (C=O) groups is 2. The van der Waals surface area contributed by atoms with Gasteiger partial charge in [0.1, 0.15) is 0 Å². The lowest BCUT2D eigenvalue weighted by molar-refractivity contribution is -0.137. The molecule has 0 aromatic heterocycles. The van der Waals surface area contributed by atoms with E-state index in [9.17, 15) is 22.8 Å². The zero-order valence-corrected chi connectivity index (χ0v) is 19.1. The Balaban J connectivity index is 1.52. The number of anilines is 1. The average Bonchev–Trinajstić information content (AvgIpc) is 3.05. The van der Waals surface area contributed by atoms with Gasteiger partial charge in [0, 0.05) is 23.5 Å². The van der Waals surface area contributed by atoms with Crippen molar-refractivity contribution in [2.24, 2.45) is 0 Å². The number of rotatable bonds is 3. The topological polar surface area (TPSA) is 49.4 Å². The molecule has 1 N–H and O–H groups in total. The fraction of sp³-hybridized carbons (Fsp3) is 0.360. The molecule has 0 atom stereocenters. The van der Waals surface area contributed by atoms with Gasteiger partial charge < -0.3 is 10.2 Å². The van der Waals surface area contributed by atoms with E-state index in [0.29, 0.717) is 21.7 Å². The molecule has 8 heteroatoms. The minimum atomic E-state index is -4.40. The largest absolute Gasteiger partial charge is 0.416 e. The number of amides is 2. The molecule has 2 aromatic rings. The normalized spacial score (nSPS) is 18.7. The number of likely N-dealkylation sites (N-methyl/N-ethyl adjacent to an activating group) is 1. The third-order valence-electron chi connectivity index (χ3n) is 6.04. The molecule has 2 amide bonds. The standard InChI is InChI=1S/C25H25F3N2O2S/c1-30-20-15-17(23(31)29-19-6-4-2-3-5-7-19)10-13-21(20)33-22(24(30)32)14-16-8-11-18(12-9-16)25(26,27)28/h8-15,19H,2-7H2,1H3,(H,29,31)/b22-14-. The molecule has 0 spiro atoms. The molecule has 2 aliphatic rings. The van der Waals surface area contributed by atoms with Crippen molar-refractivity contribution >= 4 is 35.3 Å². The van der Waals surface area contributed by atoms with Crippen LogP contribution in [0.1, 0.15) is 60.0 Å². The first kappa shape index (κ1) is 23.4. The zero-order chi connectivity index (χ0) is 23.6. The molecule has 4 rings (SSSR count). The molecular formula is C25H25F3N2O2S. The van der Waals surface area contributed by atoms with E-state index in [1.807, 2.05) is 6.07 Å². The summed E-state index contributed by atoms with van der Waals surface area (Å²) in [5.74, 6) is -0.407. The molecule has 4 nitrogen and oxygen atoms in total. The van der Waals surface area contributed by atoms with Gasteiger partial charge in [-0.1, -0.05) is 49.6 Å². The number of benzene rings is 2. The van der Waals surface area contributed by atoms with Gasteiger partial charge in [-0.25, -0.2) is 0 Å². The van der Waals surface area contributed by atoms with Crippen LogP contribution in [0, 0.1) is 0 Å². The number of halogens is 3. The van der Waals surface area contributed by atoms with Crippen molar-refractivity contribution in [2.75, 3.05) is 11.9 Å². The predicted molar refractivity (Wildman–Crippen MR) is 124 cm³/mol. The predicted octanol–water partition coefficient (Wildman–Crippen LogP) is 6.27. The maximum absolute atomic E-state index is 12.9. The lowest BCUT2D eigenvalue weighted by Gasteiger charge is -2.27. The van der Waals surface area contributed by atoms with Crippen LogP contribution in [0.4, 0.5) is 18.9 Å². The minimum Gasteiger partial charge on any atom is -0.349 e. The molecule has 0 unspecified atom stereocenters. The van der Waals surface area contributed by atoms with Crippen molar-refractivity contribution in [3.63, 3.8) is 0 Å². The highest BCUT2D eigenvalue weighted by Crippen LogP contribution is 2.42. The fourth-order valence-corrected chi connectivity index (χ4v) is 5.24. The van der Waals surface area contributed by atoms with Gasteiger partial charge in [-0.2, -0.15) is 13.2 Å². The van der Waals surface area contributed by atoms with E-state index in [4.69, 9.17) is 0 Å². The first-order chi connectivity index (χ1) is 15.7. The summed E-state index contributed by atoms with van der Waals surface area (Å²) >= 11 is 1.25. The second-order valence-corrected chi connectivity index (χ2v) is 9.52. The van der Waals surface area contributed by atoms with Crippen LogP contribution >= 0.6 is 11.8 Å². The number of carbonyl (C=O) groups excluding carboxylic acids is 2. The smallest absolute Gasteiger partial charge is 0.349 e. The van der Waals surface area contributed by atoms with Crippen molar-refractivity contribution in [3.05, 3.63) is 64.1 Å². The Morgan fingerprint density at radius 3 is 2.36 bits per heavy atom. The number of hydrogen-bond acceptors (Lipinski definition) is 3. The number of hydrogen-bond donors (Lipinski definition) is 1. The van der Waals surface area contributed by atoms with Crippen LogP contribution < -0.4 is 10.2 Å². The average molecular weight is 475 g/mol. The maximum Gasteiger partial charge on any atom is 0.416 e. The second-order valence-electron chi connectivity index (χ2n) is 8.44.